The zero-order valence-electron chi connectivity index (χ0n) is 13.4. The maximum atomic E-state index is 12.4. The number of methoxy groups -OCH3 is 1. The normalized spacial score (nSPS) is 10.2. The third kappa shape index (κ3) is 3.75. The molecule has 5 nitrogen and oxygen atoms in total. The van der Waals surface area contributed by atoms with E-state index in [4.69, 9.17) is 4.74 Å². The van der Waals surface area contributed by atoms with Gasteiger partial charge in [-0.15, -0.1) is 0 Å². The molecule has 2 rings (SSSR count). The van der Waals surface area contributed by atoms with Crippen LogP contribution >= 0.6 is 0 Å². The predicted octanol–water partition coefficient (Wildman–Crippen LogP) is 2.43. The molecule has 0 fully saturated rings. The molecule has 0 unspecified atom stereocenters. The molecule has 1 aromatic carbocycles. The Labute approximate surface area is 131 Å². The van der Waals surface area contributed by atoms with Gasteiger partial charge in [0.05, 0.1) is 12.7 Å². The molecule has 22 heavy (non-hydrogen) atoms. The number of benzene rings is 1. The van der Waals surface area contributed by atoms with Gasteiger partial charge in [-0.05, 0) is 23.8 Å². The molecule has 1 amide bonds. The Hall–Kier alpha value is -2.56. The highest BCUT2D eigenvalue weighted by Gasteiger charge is 2.12. The van der Waals surface area contributed by atoms with Gasteiger partial charge in [0.1, 0.15) is 0 Å². The fourth-order valence-corrected chi connectivity index (χ4v) is 2.09. The lowest BCUT2D eigenvalue weighted by molar-refractivity contribution is 0.0784. The lowest BCUT2D eigenvalue weighted by Gasteiger charge is -2.18. The number of nitrogens with zero attached hydrogens (tertiary/aromatic N) is 3. The summed E-state index contributed by atoms with van der Waals surface area (Å²) >= 11 is 0. The Kier molecular flexibility index (Phi) is 4.99. The van der Waals surface area contributed by atoms with Crippen LogP contribution in [0.5, 0.6) is 5.88 Å². The number of hydrogen-bond acceptors (Lipinski definition) is 4. The van der Waals surface area contributed by atoms with E-state index in [1.807, 2.05) is 43.3 Å². The van der Waals surface area contributed by atoms with Crippen LogP contribution in [-0.4, -0.2) is 44.0 Å². The Morgan fingerprint density at radius 1 is 1.09 bits per heavy atom. The molecule has 0 saturated heterocycles. The Balaban J connectivity index is 2.03. The van der Waals surface area contributed by atoms with E-state index in [1.165, 1.54) is 6.20 Å². The first-order chi connectivity index (χ1) is 10.5. The summed E-state index contributed by atoms with van der Waals surface area (Å²) < 4.78 is 5.00. The van der Waals surface area contributed by atoms with Crippen LogP contribution in [0.2, 0.25) is 0 Å². The maximum Gasteiger partial charge on any atom is 0.255 e. The minimum atomic E-state index is -0.0631. The van der Waals surface area contributed by atoms with E-state index in [2.05, 4.69) is 4.98 Å². The van der Waals surface area contributed by atoms with E-state index >= 15 is 0 Å². The highest BCUT2D eigenvalue weighted by atomic mass is 16.5. The second-order valence-electron chi connectivity index (χ2n) is 5.31. The molecule has 5 heteroatoms. The molecule has 0 bridgehead atoms. The van der Waals surface area contributed by atoms with E-state index in [0.29, 0.717) is 18.0 Å². The molecule has 0 saturated carbocycles. The van der Waals surface area contributed by atoms with Gasteiger partial charge in [-0.2, -0.15) is 0 Å². The van der Waals surface area contributed by atoms with Gasteiger partial charge in [-0.25, -0.2) is 4.98 Å². The largest absolute Gasteiger partial charge is 0.481 e. The molecule has 0 spiro atoms. The summed E-state index contributed by atoms with van der Waals surface area (Å²) in [5.41, 5.74) is 2.77. The zero-order valence-corrected chi connectivity index (χ0v) is 13.4. The first kappa shape index (κ1) is 15.8. The van der Waals surface area contributed by atoms with Gasteiger partial charge < -0.3 is 14.5 Å². The maximum absolute atomic E-state index is 12.4. The molecule has 0 aliphatic heterocycles. The minimum Gasteiger partial charge on any atom is -0.481 e. The second kappa shape index (κ2) is 6.93. The predicted molar refractivity (Wildman–Crippen MR) is 87.4 cm³/mol. The van der Waals surface area contributed by atoms with Crippen molar-refractivity contribution in [2.45, 2.75) is 6.54 Å². The smallest absolute Gasteiger partial charge is 0.255 e. The van der Waals surface area contributed by atoms with Crippen LogP contribution < -0.4 is 9.64 Å². The van der Waals surface area contributed by atoms with Crippen molar-refractivity contribution >= 4 is 11.6 Å². The summed E-state index contributed by atoms with van der Waals surface area (Å²) in [5.74, 6) is 0.435. The van der Waals surface area contributed by atoms with E-state index in [0.717, 1.165) is 11.3 Å². The van der Waals surface area contributed by atoms with E-state index in [1.54, 1.807) is 31.2 Å². The Morgan fingerprint density at radius 2 is 1.77 bits per heavy atom. The van der Waals surface area contributed by atoms with Crippen LogP contribution in [0.15, 0.2) is 42.6 Å². The highest BCUT2D eigenvalue weighted by Crippen LogP contribution is 2.15. The first-order valence-corrected chi connectivity index (χ1v) is 7.03. The van der Waals surface area contributed by atoms with Crippen LogP contribution in [0.3, 0.4) is 0 Å². The van der Waals surface area contributed by atoms with Crippen LogP contribution in [0.1, 0.15) is 15.9 Å². The average Bonchev–Trinajstić information content (AvgIpc) is 2.54. The number of ether oxygens (including phenoxy) is 1. The number of carbonyl (C=O) groups excluding carboxylic acids is 1. The lowest BCUT2D eigenvalue weighted by Crippen LogP contribution is -2.26. The number of amides is 1. The molecular formula is C17H21N3O2. The lowest BCUT2D eigenvalue weighted by atomic mass is 10.1. The van der Waals surface area contributed by atoms with Crippen molar-refractivity contribution in [3.8, 4) is 5.88 Å². The quantitative estimate of drug-likeness (QED) is 0.850. The highest BCUT2D eigenvalue weighted by molar-refractivity contribution is 5.93. The molecule has 0 aliphatic carbocycles. The molecular weight excluding hydrogens is 278 g/mol. The molecule has 0 aliphatic rings. The molecule has 116 valence electrons. The van der Waals surface area contributed by atoms with Gasteiger partial charge in [0.2, 0.25) is 5.88 Å². The van der Waals surface area contributed by atoms with Crippen LogP contribution in [-0.2, 0) is 6.54 Å². The van der Waals surface area contributed by atoms with Crippen molar-refractivity contribution in [2.75, 3.05) is 33.2 Å². The standard InChI is InChI=1S/C17H21N3O2/c1-19(2)15-8-5-13(6-9-15)12-20(3)17(21)14-7-10-16(22-4)18-11-14/h5-11H,12H2,1-4H3. The Bertz CT molecular complexity index is 621. The summed E-state index contributed by atoms with van der Waals surface area (Å²) in [6.45, 7) is 0.554. The van der Waals surface area contributed by atoms with Gasteiger partial charge in [0.15, 0.2) is 0 Å². The number of anilines is 1. The third-order valence-corrected chi connectivity index (χ3v) is 3.41. The van der Waals surface area contributed by atoms with Crippen molar-refractivity contribution in [2.24, 2.45) is 0 Å². The summed E-state index contributed by atoms with van der Waals surface area (Å²) in [4.78, 5) is 20.1. The van der Waals surface area contributed by atoms with E-state index < -0.39 is 0 Å². The van der Waals surface area contributed by atoms with Crippen LogP contribution in [0.25, 0.3) is 0 Å². The van der Waals surface area contributed by atoms with Crippen molar-refractivity contribution in [1.29, 1.82) is 0 Å². The van der Waals surface area contributed by atoms with Crippen molar-refractivity contribution < 1.29 is 9.53 Å². The van der Waals surface area contributed by atoms with Crippen LogP contribution in [0, 0.1) is 0 Å². The van der Waals surface area contributed by atoms with E-state index in [-0.39, 0.29) is 5.91 Å². The van der Waals surface area contributed by atoms with Crippen LogP contribution in [0.4, 0.5) is 5.69 Å². The fourth-order valence-electron chi connectivity index (χ4n) is 2.09. The fraction of sp³-hybridized carbons (Fsp3) is 0.294. The van der Waals surface area contributed by atoms with Gasteiger partial charge in [0.25, 0.3) is 5.91 Å². The average molecular weight is 299 g/mol. The number of hydrogen-bond donors (Lipinski definition) is 0. The molecule has 0 radical (unpaired) electrons. The molecule has 1 aromatic heterocycles. The van der Waals surface area contributed by atoms with Crippen molar-refractivity contribution in [1.82, 2.24) is 9.88 Å². The molecule has 1 heterocycles. The zero-order chi connectivity index (χ0) is 16.1. The van der Waals surface area contributed by atoms with Gasteiger partial charge in [-0.3, -0.25) is 4.79 Å². The second-order valence-corrected chi connectivity index (χ2v) is 5.31. The monoisotopic (exact) mass is 299 g/mol. The van der Waals surface area contributed by atoms with Crippen molar-refractivity contribution in [3.05, 3.63) is 53.7 Å². The first-order valence-electron chi connectivity index (χ1n) is 7.03. The molecule has 0 atom stereocenters. The van der Waals surface area contributed by atoms with E-state index in [9.17, 15) is 4.79 Å². The van der Waals surface area contributed by atoms with Gasteiger partial charge in [0, 0.05) is 45.6 Å². The summed E-state index contributed by atoms with van der Waals surface area (Å²) in [6, 6.07) is 11.6. The summed E-state index contributed by atoms with van der Waals surface area (Å²) in [6.07, 6.45) is 1.53. The summed E-state index contributed by atoms with van der Waals surface area (Å²) in [5, 5.41) is 0. The van der Waals surface area contributed by atoms with Crippen molar-refractivity contribution in [3.63, 3.8) is 0 Å². The number of carbonyl (C=O) groups is 1. The van der Waals surface area contributed by atoms with Gasteiger partial charge in [-0.1, -0.05) is 12.1 Å². The third-order valence-electron chi connectivity index (χ3n) is 3.41. The minimum absolute atomic E-state index is 0.0631. The number of rotatable bonds is 5. The molecule has 2 aromatic rings. The topological polar surface area (TPSA) is 45.7 Å². The van der Waals surface area contributed by atoms with Gasteiger partial charge >= 0.3 is 0 Å². The SMILES string of the molecule is COc1ccc(C(=O)N(C)Cc2ccc(N(C)C)cc2)cn1. The number of pyridine rings is 1. The number of aromatic nitrogens is 1. The Morgan fingerprint density at radius 3 is 2.27 bits per heavy atom. The summed E-state index contributed by atoms with van der Waals surface area (Å²) in [7, 11) is 7.34. The molecule has 0 N–H and O–H groups in total.